The van der Waals surface area contributed by atoms with Crippen molar-refractivity contribution in [2.24, 2.45) is 5.92 Å². The van der Waals surface area contributed by atoms with Crippen LogP contribution in [0.25, 0.3) is 0 Å². The largest absolute Gasteiger partial charge is 0.326 e. The molecule has 24 heavy (non-hydrogen) atoms. The van der Waals surface area contributed by atoms with Gasteiger partial charge in [-0.05, 0) is 62.9 Å². The van der Waals surface area contributed by atoms with Crippen LogP contribution in [0.1, 0.15) is 49.7 Å². The van der Waals surface area contributed by atoms with Crippen LogP contribution in [0.2, 0.25) is 0 Å². The van der Waals surface area contributed by atoms with Crippen LogP contribution in [0.3, 0.4) is 0 Å². The van der Waals surface area contributed by atoms with Crippen LogP contribution in [0.15, 0.2) is 18.2 Å². The molecule has 1 saturated heterocycles. The van der Waals surface area contributed by atoms with Gasteiger partial charge in [-0.2, -0.15) is 0 Å². The third-order valence-electron chi connectivity index (χ3n) is 5.25. The van der Waals surface area contributed by atoms with Gasteiger partial charge in [0.05, 0.1) is 0 Å². The molecule has 0 aromatic heterocycles. The number of amides is 1. The number of hydrogen-bond acceptors (Lipinski definition) is 2. The van der Waals surface area contributed by atoms with Crippen LogP contribution < -0.4 is 5.32 Å². The van der Waals surface area contributed by atoms with Crippen molar-refractivity contribution < 1.29 is 13.6 Å². The minimum atomic E-state index is -2.59. The highest BCUT2D eigenvalue weighted by molar-refractivity contribution is 5.93. The smallest absolute Gasteiger partial charge is 0.248 e. The van der Waals surface area contributed by atoms with E-state index in [4.69, 9.17) is 0 Å². The van der Waals surface area contributed by atoms with Gasteiger partial charge in [-0.15, -0.1) is 0 Å². The summed E-state index contributed by atoms with van der Waals surface area (Å²) in [5.41, 5.74) is 3.01. The third-order valence-corrected chi connectivity index (χ3v) is 5.25. The number of carbonyl (C=O) groups is 1. The van der Waals surface area contributed by atoms with Gasteiger partial charge in [0, 0.05) is 31.0 Å². The molecule has 1 amide bonds. The molecule has 5 heteroatoms. The molecule has 3 rings (SSSR count). The quantitative estimate of drug-likeness (QED) is 0.886. The molecule has 1 aromatic rings. The minimum Gasteiger partial charge on any atom is -0.326 e. The normalized spacial score (nSPS) is 21.8. The standard InChI is InChI=1S/C19H26F2N2O/c1-14-4-5-15(13-23-10-2-3-11-23)12-17(14)22-18(24)16-6-8-19(20,21)9-7-16/h4-5,12,16H,2-3,6-11,13H2,1H3,(H,22,24). The molecular formula is C19H26F2N2O. The van der Waals surface area contributed by atoms with Crippen molar-refractivity contribution in [2.45, 2.75) is 57.9 Å². The lowest BCUT2D eigenvalue weighted by Gasteiger charge is -2.27. The van der Waals surface area contributed by atoms with Gasteiger partial charge in [-0.25, -0.2) is 8.78 Å². The zero-order valence-electron chi connectivity index (χ0n) is 14.3. The molecule has 1 saturated carbocycles. The Labute approximate surface area is 142 Å². The van der Waals surface area contributed by atoms with Crippen molar-refractivity contribution in [1.82, 2.24) is 4.90 Å². The fraction of sp³-hybridized carbons (Fsp3) is 0.632. The number of benzene rings is 1. The number of rotatable bonds is 4. The van der Waals surface area contributed by atoms with E-state index in [0.717, 1.165) is 30.9 Å². The maximum atomic E-state index is 13.2. The minimum absolute atomic E-state index is 0.119. The number of carbonyl (C=O) groups excluding carboxylic acids is 1. The first-order chi connectivity index (χ1) is 11.4. The molecule has 3 nitrogen and oxygen atoms in total. The molecule has 0 radical (unpaired) electrons. The highest BCUT2D eigenvalue weighted by Crippen LogP contribution is 2.36. The average molecular weight is 336 g/mol. The second kappa shape index (κ2) is 7.18. The summed E-state index contributed by atoms with van der Waals surface area (Å²) in [5.74, 6) is -3.01. The third kappa shape index (κ3) is 4.32. The lowest BCUT2D eigenvalue weighted by Crippen LogP contribution is -2.32. The van der Waals surface area contributed by atoms with Crippen LogP contribution in [0.5, 0.6) is 0 Å². The van der Waals surface area contributed by atoms with Crippen LogP contribution in [0, 0.1) is 12.8 Å². The maximum Gasteiger partial charge on any atom is 0.248 e. The summed E-state index contributed by atoms with van der Waals surface area (Å²) in [6, 6.07) is 6.16. The Morgan fingerprint density at radius 1 is 1.25 bits per heavy atom. The highest BCUT2D eigenvalue weighted by atomic mass is 19.3. The van der Waals surface area contributed by atoms with Crippen molar-refractivity contribution in [3.8, 4) is 0 Å². The Hall–Kier alpha value is -1.49. The Morgan fingerprint density at radius 2 is 1.92 bits per heavy atom. The predicted octanol–water partition coefficient (Wildman–Crippen LogP) is 4.35. The van der Waals surface area contributed by atoms with Crippen molar-refractivity contribution in [2.75, 3.05) is 18.4 Å². The summed E-state index contributed by atoms with van der Waals surface area (Å²) in [5, 5.41) is 2.97. The van der Waals surface area contributed by atoms with E-state index in [0.29, 0.717) is 0 Å². The topological polar surface area (TPSA) is 32.3 Å². The van der Waals surface area contributed by atoms with Crippen molar-refractivity contribution in [3.05, 3.63) is 29.3 Å². The van der Waals surface area contributed by atoms with Gasteiger partial charge < -0.3 is 5.32 Å². The summed E-state index contributed by atoms with van der Waals surface area (Å²) < 4.78 is 26.5. The second-order valence-electron chi connectivity index (χ2n) is 7.25. The first-order valence-electron chi connectivity index (χ1n) is 8.93. The van der Waals surface area contributed by atoms with Crippen LogP contribution in [0.4, 0.5) is 14.5 Å². The Morgan fingerprint density at radius 3 is 2.58 bits per heavy atom. The first-order valence-corrected chi connectivity index (χ1v) is 8.93. The van der Waals surface area contributed by atoms with Gasteiger partial charge in [0.25, 0.3) is 0 Å². The molecule has 1 aliphatic carbocycles. The summed E-state index contributed by atoms with van der Waals surface area (Å²) >= 11 is 0. The zero-order chi connectivity index (χ0) is 17.2. The van der Waals surface area contributed by atoms with Gasteiger partial charge >= 0.3 is 0 Å². The van der Waals surface area contributed by atoms with Gasteiger partial charge in [0.15, 0.2) is 0 Å². The number of nitrogens with zero attached hydrogens (tertiary/aromatic N) is 1. The predicted molar refractivity (Wildman–Crippen MR) is 91.2 cm³/mol. The highest BCUT2D eigenvalue weighted by Gasteiger charge is 2.37. The van der Waals surface area contributed by atoms with E-state index in [1.54, 1.807) is 0 Å². The first kappa shape index (κ1) is 17.3. The number of alkyl halides is 2. The molecule has 2 aliphatic rings. The van der Waals surface area contributed by atoms with E-state index >= 15 is 0 Å². The number of nitrogens with one attached hydrogen (secondary N) is 1. The maximum absolute atomic E-state index is 13.2. The zero-order valence-corrected chi connectivity index (χ0v) is 14.3. The SMILES string of the molecule is Cc1ccc(CN2CCCC2)cc1NC(=O)C1CCC(F)(F)CC1. The van der Waals surface area contributed by atoms with Crippen LogP contribution in [-0.2, 0) is 11.3 Å². The average Bonchev–Trinajstić information content (AvgIpc) is 3.03. The van der Waals surface area contributed by atoms with Gasteiger partial charge in [-0.1, -0.05) is 12.1 Å². The van der Waals surface area contributed by atoms with Crippen LogP contribution in [-0.4, -0.2) is 29.8 Å². The summed E-state index contributed by atoms with van der Waals surface area (Å²) in [7, 11) is 0. The summed E-state index contributed by atoms with van der Waals surface area (Å²) in [6.45, 7) is 5.13. The molecule has 132 valence electrons. The van der Waals surface area contributed by atoms with E-state index < -0.39 is 5.92 Å². The van der Waals surface area contributed by atoms with Crippen molar-refractivity contribution in [3.63, 3.8) is 0 Å². The molecule has 1 N–H and O–H groups in total. The number of likely N-dealkylation sites (tertiary alicyclic amines) is 1. The van der Waals surface area contributed by atoms with Crippen LogP contribution >= 0.6 is 0 Å². The molecule has 1 heterocycles. The van der Waals surface area contributed by atoms with E-state index in [1.165, 1.54) is 18.4 Å². The number of aryl methyl sites for hydroxylation is 1. The molecule has 2 fully saturated rings. The number of hydrogen-bond donors (Lipinski definition) is 1. The van der Waals surface area contributed by atoms with Crippen molar-refractivity contribution >= 4 is 11.6 Å². The molecule has 0 unspecified atom stereocenters. The monoisotopic (exact) mass is 336 g/mol. The van der Waals surface area contributed by atoms with Crippen molar-refractivity contribution in [1.29, 1.82) is 0 Å². The van der Waals surface area contributed by atoms with E-state index in [1.807, 2.05) is 19.1 Å². The van der Waals surface area contributed by atoms with Gasteiger partial charge in [0.2, 0.25) is 11.8 Å². The summed E-state index contributed by atoms with van der Waals surface area (Å²) in [4.78, 5) is 14.8. The summed E-state index contributed by atoms with van der Waals surface area (Å²) in [6.07, 6.45) is 2.68. The van der Waals surface area contributed by atoms with E-state index in [-0.39, 0.29) is 37.5 Å². The number of anilines is 1. The van der Waals surface area contributed by atoms with Gasteiger partial charge in [0.1, 0.15) is 0 Å². The van der Waals surface area contributed by atoms with E-state index in [9.17, 15) is 13.6 Å². The molecule has 0 bridgehead atoms. The lowest BCUT2D eigenvalue weighted by molar-refractivity contribution is -0.124. The Kier molecular flexibility index (Phi) is 5.18. The molecular weight excluding hydrogens is 310 g/mol. The second-order valence-corrected chi connectivity index (χ2v) is 7.25. The molecule has 0 atom stereocenters. The molecule has 0 spiro atoms. The number of halogens is 2. The molecule has 1 aliphatic heterocycles. The molecule has 1 aromatic carbocycles. The lowest BCUT2D eigenvalue weighted by atomic mass is 9.86. The fourth-order valence-electron chi connectivity index (χ4n) is 3.64. The van der Waals surface area contributed by atoms with E-state index in [2.05, 4.69) is 16.3 Å². The van der Waals surface area contributed by atoms with Gasteiger partial charge in [-0.3, -0.25) is 9.69 Å². The Balaban J connectivity index is 1.62. The fourth-order valence-corrected chi connectivity index (χ4v) is 3.64. The Bertz CT molecular complexity index is 587.